The van der Waals surface area contributed by atoms with E-state index in [1.165, 1.54) is 6.20 Å². The topological polar surface area (TPSA) is 115 Å². The molecular formula is C21H25N7O2. The highest BCUT2D eigenvalue weighted by atomic mass is 16.2. The van der Waals surface area contributed by atoms with Crippen LogP contribution < -0.4 is 26.4 Å². The molecule has 0 bridgehead atoms. The molecule has 3 rings (SSSR count). The Morgan fingerprint density at radius 1 is 1.17 bits per heavy atom. The minimum atomic E-state index is -0.395. The molecule has 0 atom stereocenters. The molecule has 3 aromatic rings. The third-order valence-corrected chi connectivity index (χ3v) is 4.61. The number of likely N-dealkylation sites (N-methyl/N-ethyl adjacent to an activating group) is 2. The second-order valence-electron chi connectivity index (χ2n) is 6.70. The molecule has 0 fully saturated rings. The van der Waals surface area contributed by atoms with Gasteiger partial charge in [-0.1, -0.05) is 0 Å². The summed E-state index contributed by atoms with van der Waals surface area (Å²) in [5.41, 5.74) is 2.42. The van der Waals surface area contributed by atoms with Gasteiger partial charge in [-0.2, -0.15) is 0 Å². The zero-order chi connectivity index (χ0) is 21.5. The predicted molar refractivity (Wildman–Crippen MR) is 119 cm³/mol. The van der Waals surface area contributed by atoms with Gasteiger partial charge in [0.25, 0.3) is 11.5 Å². The maximum absolute atomic E-state index is 12.6. The van der Waals surface area contributed by atoms with E-state index in [1.54, 1.807) is 37.6 Å². The van der Waals surface area contributed by atoms with Gasteiger partial charge in [0.2, 0.25) is 0 Å². The van der Waals surface area contributed by atoms with Gasteiger partial charge in [0, 0.05) is 50.2 Å². The van der Waals surface area contributed by atoms with Crippen molar-refractivity contribution in [2.75, 3.05) is 49.8 Å². The molecule has 1 amide bonds. The van der Waals surface area contributed by atoms with Crippen molar-refractivity contribution in [1.82, 2.24) is 20.3 Å². The summed E-state index contributed by atoms with van der Waals surface area (Å²) >= 11 is 0. The molecule has 0 radical (unpaired) electrons. The highest BCUT2D eigenvalue weighted by molar-refractivity contribution is 6.04. The smallest absolute Gasteiger partial charge is 0.271 e. The summed E-state index contributed by atoms with van der Waals surface area (Å²) in [6.45, 7) is 1.71. The Kier molecular flexibility index (Phi) is 6.76. The van der Waals surface area contributed by atoms with E-state index in [0.29, 0.717) is 22.6 Å². The highest BCUT2D eigenvalue weighted by Crippen LogP contribution is 2.19. The lowest BCUT2D eigenvalue weighted by molar-refractivity contribution is 0.102. The Morgan fingerprint density at radius 2 is 1.93 bits per heavy atom. The molecule has 30 heavy (non-hydrogen) atoms. The molecule has 9 nitrogen and oxygen atoms in total. The largest absolute Gasteiger partial charge is 0.373 e. The van der Waals surface area contributed by atoms with E-state index in [-0.39, 0.29) is 11.6 Å². The fraction of sp³-hybridized carbons (Fsp3) is 0.238. The number of pyridine rings is 1. The molecule has 0 saturated heterocycles. The molecule has 4 N–H and O–H groups in total. The molecule has 0 spiro atoms. The number of nitrogens with zero attached hydrogens (tertiary/aromatic N) is 3. The minimum Gasteiger partial charge on any atom is -0.373 e. The summed E-state index contributed by atoms with van der Waals surface area (Å²) < 4.78 is 0. The van der Waals surface area contributed by atoms with Crippen LogP contribution in [0.15, 0.2) is 53.7 Å². The number of aromatic nitrogens is 3. The van der Waals surface area contributed by atoms with Crippen LogP contribution in [-0.4, -0.2) is 55.1 Å². The van der Waals surface area contributed by atoms with Gasteiger partial charge in [0.05, 0.1) is 18.1 Å². The number of carbonyl (C=O) groups is 1. The summed E-state index contributed by atoms with van der Waals surface area (Å²) in [5.74, 6) is 0.237. The van der Waals surface area contributed by atoms with E-state index in [1.807, 2.05) is 26.2 Å². The first-order valence-electron chi connectivity index (χ1n) is 9.52. The molecule has 0 aliphatic rings. The second-order valence-corrected chi connectivity index (χ2v) is 6.70. The van der Waals surface area contributed by atoms with E-state index in [4.69, 9.17) is 0 Å². The fourth-order valence-electron chi connectivity index (χ4n) is 2.82. The van der Waals surface area contributed by atoms with Gasteiger partial charge in [-0.05, 0) is 37.4 Å². The fourth-order valence-corrected chi connectivity index (χ4v) is 2.82. The van der Waals surface area contributed by atoms with Crippen LogP contribution in [0.25, 0.3) is 11.3 Å². The van der Waals surface area contributed by atoms with Gasteiger partial charge in [0.1, 0.15) is 11.5 Å². The van der Waals surface area contributed by atoms with E-state index in [0.717, 1.165) is 18.8 Å². The first-order valence-corrected chi connectivity index (χ1v) is 9.52. The van der Waals surface area contributed by atoms with Crippen LogP contribution in [0, 0.1) is 0 Å². The first kappa shape index (κ1) is 21.0. The number of rotatable bonds is 8. The van der Waals surface area contributed by atoms with E-state index in [9.17, 15) is 9.59 Å². The van der Waals surface area contributed by atoms with Crippen molar-refractivity contribution in [3.63, 3.8) is 0 Å². The van der Waals surface area contributed by atoms with Gasteiger partial charge in [-0.3, -0.25) is 14.6 Å². The Bertz CT molecular complexity index is 1060. The Hall–Kier alpha value is -3.72. The Labute approximate surface area is 174 Å². The molecule has 156 valence electrons. The summed E-state index contributed by atoms with van der Waals surface area (Å²) in [7, 11) is 5.64. The summed E-state index contributed by atoms with van der Waals surface area (Å²) in [4.78, 5) is 38.1. The van der Waals surface area contributed by atoms with Gasteiger partial charge in [0.15, 0.2) is 0 Å². The lowest BCUT2D eigenvalue weighted by atomic mass is 10.1. The van der Waals surface area contributed by atoms with Crippen LogP contribution in [0.1, 0.15) is 10.4 Å². The normalized spacial score (nSPS) is 10.5. The monoisotopic (exact) mass is 407 g/mol. The number of H-pyrrole nitrogens is 1. The third kappa shape index (κ3) is 5.00. The van der Waals surface area contributed by atoms with Crippen LogP contribution in [0.2, 0.25) is 0 Å². The van der Waals surface area contributed by atoms with E-state index < -0.39 is 5.56 Å². The number of anilines is 3. The van der Waals surface area contributed by atoms with Crippen molar-refractivity contribution in [2.24, 2.45) is 0 Å². The molecule has 2 aromatic heterocycles. The molecule has 1 aromatic carbocycles. The van der Waals surface area contributed by atoms with Crippen LogP contribution in [0.5, 0.6) is 0 Å². The SMILES string of the molecule is CNCCN(C)c1ccc(C(=O)Nc2cc(-c3cncc(NC)n3)c[nH]c2=O)cc1. The van der Waals surface area contributed by atoms with E-state index >= 15 is 0 Å². The average molecular weight is 407 g/mol. The summed E-state index contributed by atoms with van der Waals surface area (Å²) in [6.07, 6.45) is 4.72. The lowest BCUT2D eigenvalue weighted by Crippen LogP contribution is -2.27. The molecule has 2 heterocycles. The van der Waals surface area contributed by atoms with Crippen molar-refractivity contribution < 1.29 is 4.79 Å². The maximum Gasteiger partial charge on any atom is 0.271 e. The quantitative estimate of drug-likeness (QED) is 0.450. The Morgan fingerprint density at radius 3 is 2.63 bits per heavy atom. The van der Waals surface area contributed by atoms with Crippen molar-refractivity contribution in [1.29, 1.82) is 0 Å². The minimum absolute atomic E-state index is 0.143. The molecule has 0 unspecified atom stereocenters. The Balaban J connectivity index is 1.77. The average Bonchev–Trinajstić information content (AvgIpc) is 2.79. The van der Waals surface area contributed by atoms with Gasteiger partial charge >= 0.3 is 0 Å². The van der Waals surface area contributed by atoms with Crippen LogP contribution in [0.4, 0.5) is 17.2 Å². The number of hydrogen-bond donors (Lipinski definition) is 4. The van der Waals surface area contributed by atoms with Crippen molar-refractivity contribution in [3.8, 4) is 11.3 Å². The van der Waals surface area contributed by atoms with Crippen LogP contribution >= 0.6 is 0 Å². The van der Waals surface area contributed by atoms with Gasteiger partial charge < -0.3 is 25.8 Å². The first-order chi connectivity index (χ1) is 14.5. The lowest BCUT2D eigenvalue weighted by Gasteiger charge is -2.19. The molecular weight excluding hydrogens is 382 g/mol. The second kappa shape index (κ2) is 9.66. The number of benzene rings is 1. The molecule has 0 saturated carbocycles. The zero-order valence-electron chi connectivity index (χ0n) is 17.2. The number of nitrogens with one attached hydrogen (secondary N) is 4. The van der Waals surface area contributed by atoms with Gasteiger partial charge in [-0.15, -0.1) is 0 Å². The zero-order valence-corrected chi connectivity index (χ0v) is 17.2. The number of aromatic amines is 1. The van der Waals surface area contributed by atoms with Crippen molar-refractivity contribution >= 4 is 23.1 Å². The van der Waals surface area contributed by atoms with Crippen LogP contribution in [0.3, 0.4) is 0 Å². The highest BCUT2D eigenvalue weighted by Gasteiger charge is 2.12. The number of amides is 1. The summed E-state index contributed by atoms with van der Waals surface area (Å²) in [6, 6.07) is 8.81. The standard InChI is InChI=1S/C21H25N7O2/c1-22-8-9-28(3)16-6-4-14(5-7-16)20(29)27-17-10-15(11-25-21(17)30)18-12-24-13-19(23-2)26-18/h4-7,10-13,22H,8-9H2,1-3H3,(H,23,26)(H,25,30)(H,27,29). The van der Waals surface area contributed by atoms with Crippen LogP contribution in [-0.2, 0) is 0 Å². The third-order valence-electron chi connectivity index (χ3n) is 4.61. The number of hydrogen-bond acceptors (Lipinski definition) is 7. The van der Waals surface area contributed by atoms with E-state index in [2.05, 4.69) is 35.8 Å². The van der Waals surface area contributed by atoms with Crippen molar-refractivity contribution in [2.45, 2.75) is 0 Å². The molecule has 0 aliphatic carbocycles. The van der Waals surface area contributed by atoms with Crippen molar-refractivity contribution in [3.05, 3.63) is 64.8 Å². The molecule has 9 heteroatoms. The number of carbonyl (C=O) groups excluding carboxylic acids is 1. The maximum atomic E-state index is 12.6. The predicted octanol–water partition coefficient (Wildman–Crippen LogP) is 1.78. The summed E-state index contributed by atoms with van der Waals surface area (Å²) in [5, 5.41) is 8.70. The van der Waals surface area contributed by atoms with Gasteiger partial charge in [-0.25, -0.2) is 4.98 Å². The molecule has 0 aliphatic heterocycles.